The molecule has 2 unspecified atom stereocenters. The number of carbonyl (C=O) groups is 3. The zero-order valence-corrected chi connectivity index (χ0v) is 21.8. The fourth-order valence-corrected chi connectivity index (χ4v) is 6.24. The Hall–Kier alpha value is -3.38. The van der Waals surface area contributed by atoms with Crippen LogP contribution in [0.25, 0.3) is 0 Å². The molecule has 4 aromatic rings. The van der Waals surface area contributed by atoms with Crippen molar-refractivity contribution in [2.75, 3.05) is 4.90 Å². The number of halogens is 2. The van der Waals surface area contributed by atoms with Gasteiger partial charge in [-0.05, 0) is 66.2 Å². The summed E-state index contributed by atoms with van der Waals surface area (Å²) in [5.41, 5.74) is 2.14. The molecule has 4 nitrogen and oxygen atoms in total. The molecule has 4 aromatic carbocycles. The topological polar surface area (TPSA) is 54.5 Å². The van der Waals surface area contributed by atoms with Gasteiger partial charge in [0.2, 0.25) is 5.91 Å². The summed E-state index contributed by atoms with van der Waals surface area (Å²) < 4.78 is 0. The summed E-state index contributed by atoms with van der Waals surface area (Å²) >= 11 is 13.4. The number of nitrogens with zero attached hydrogens (tertiary/aromatic N) is 1. The second-order valence-electron chi connectivity index (χ2n) is 8.58. The maximum atomic E-state index is 14.0. The van der Waals surface area contributed by atoms with E-state index < -0.39 is 16.5 Å². The van der Waals surface area contributed by atoms with E-state index in [2.05, 4.69) is 0 Å². The lowest BCUT2D eigenvalue weighted by molar-refractivity contribution is -0.117. The van der Waals surface area contributed by atoms with Gasteiger partial charge in [0.1, 0.15) is 16.5 Å². The van der Waals surface area contributed by atoms with Crippen LogP contribution in [-0.4, -0.2) is 22.8 Å². The van der Waals surface area contributed by atoms with Crippen molar-refractivity contribution in [3.63, 3.8) is 0 Å². The van der Waals surface area contributed by atoms with Crippen LogP contribution in [-0.2, 0) is 4.79 Å². The fraction of sp³-hybridized carbons (Fsp3) is 0.100. The SMILES string of the molecule is O=C(c1ccc(Cl)cc1)C(C(=O)c1ccc(Cl)cc1)C1SC(c2ccccc2)C(=O)N1c1ccccc1. The third-order valence-corrected chi connectivity index (χ3v) is 8.25. The molecule has 0 aromatic heterocycles. The lowest BCUT2D eigenvalue weighted by Crippen LogP contribution is -2.44. The molecular formula is C30H21Cl2NO3S. The Morgan fingerprint density at radius 1 is 0.676 bits per heavy atom. The quantitative estimate of drug-likeness (QED) is 0.178. The number of rotatable bonds is 7. The molecule has 0 spiro atoms. The molecule has 5 rings (SSSR count). The third-order valence-electron chi connectivity index (χ3n) is 6.24. The molecule has 1 aliphatic heterocycles. The number of para-hydroxylation sites is 1. The van der Waals surface area contributed by atoms with E-state index in [1.54, 1.807) is 53.4 Å². The van der Waals surface area contributed by atoms with Gasteiger partial charge in [-0.15, -0.1) is 11.8 Å². The van der Waals surface area contributed by atoms with Crippen LogP contribution in [0.1, 0.15) is 31.5 Å². The Labute approximate surface area is 229 Å². The van der Waals surface area contributed by atoms with Gasteiger partial charge in [0.05, 0.1) is 0 Å². The highest BCUT2D eigenvalue weighted by molar-refractivity contribution is 8.01. The molecule has 0 saturated carbocycles. The Morgan fingerprint density at radius 3 is 1.62 bits per heavy atom. The van der Waals surface area contributed by atoms with Gasteiger partial charge in [-0.25, -0.2) is 0 Å². The number of Topliss-reactive ketones (excluding diaryl/α,β-unsaturated/α-hetero) is 2. The maximum Gasteiger partial charge on any atom is 0.245 e. The minimum Gasteiger partial charge on any atom is -0.297 e. The second kappa shape index (κ2) is 10.9. The summed E-state index contributed by atoms with van der Waals surface area (Å²) in [7, 11) is 0. The van der Waals surface area contributed by atoms with Crippen LogP contribution < -0.4 is 4.90 Å². The van der Waals surface area contributed by atoms with Gasteiger partial charge in [-0.3, -0.25) is 19.3 Å². The summed E-state index contributed by atoms with van der Waals surface area (Å²) in [5.74, 6) is -2.09. The van der Waals surface area contributed by atoms with Crippen molar-refractivity contribution in [3.8, 4) is 0 Å². The standard InChI is InChI=1S/C30H21Cl2NO3S/c31-22-15-11-19(12-16-22)26(34)25(27(35)20-13-17-23(32)18-14-20)30-33(24-9-5-2-6-10-24)29(36)28(37-30)21-7-3-1-4-8-21/h1-18,25,28,30H. The molecule has 1 amide bonds. The van der Waals surface area contributed by atoms with Crippen molar-refractivity contribution in [2.24, 2.45) is 5.92 Å². The Bertz CT molecular complexity index is 1370. The fourth-order valence-electron chi connectivity index (χ4n) is 4.42. The Kier molecular flexibility index (Phi) is 7.47. The van der Waals surface area contributed by atoms with Crippen LogP contribution in [0.2, 0.25) is 10.0 Å². The first-order valence-electron chi connectivity index (χ1n) is 11.6. The minimum atomic E-state index is -1.16. The summed E-state index contributed by atoms with van der Waals surface area (Å²) in [6, 6.07) is 31.5. The van der Waals surface area contributed by atoms with Gasteiger partial charge in [-0.1, -0.05) is 71.7 Å². The van der Waals surface area contributed by atoms with E-state index in [-0.39, 0.29) is 17.5 Å². The molecule has 184 valence electrons. The number of benzene rings is 4. The molecule has 1 saturated heterocycles. The summed E-state index contributed by atoms with van der Waals surface area (Å²) in [5, 5.41) is -0.369. The van der Waals surface area contributed by atoms with Crippen LogP contribution in [0.5, 0.6) is 0 Å². The molecule has 1 aliphatic rings. The van der Waals surface area contributed by atoms with E-state index in [1.807, 2.05) is 60.7 Å². The van der Waals surface area contributed by atoms with Crippen LogP contribution in [0, 0.1) is 5.92 Å². The number of thioether (sulfide) groups is 1. The zero-order chi connectivity index (χ0) is 25.9. The maximum absolute atomic E-state index is 14.0. The molecule has 1 fully saturated rings. The zero-order valence-electron chi connectivity index (χ0n) is 19.5. The van der Waals surface area contributed by atoms with E-state index in [0.29, 0.717) is 26.9 Å². The van der Waals surface area contributed by atoms with Crippen molar-refractivity contribution < 1.29 is 14.4 Å². The number of hydrogen-bond donors (Lipinski definition) is 0. The van der Waals surface area contributed by atoms with E-state index in [1.165, 1.54) is 11.8 Å². The van der Waals surface area contributed by atoms with Crippen LogP contribution in [0.4, 0.5) is 5.69 Å². The van der Waals surface area contributed by atoms with Crippen molar-refractivity contribution in [3.05, 3.63) is 136 Å². The number of amides is 1. The monoisotopic (exact) mass is 545 g/mol. The summed E-state index contributed by atoms with van der Waals surface area (Å²) in [6.45, 7) is 0. The van der Waals surface area contributed by atoms with E-state index in [0.717, 1.165) is 5.56 Å². The third kappa shape index (κ3) is 5.21. The summed E-state index contributed by atoms with van der Waals surface area (Å²) in [4.78, 5) is 43.5. The molecule has 0 bridgehead atoms. The van der Waals surface area contributed by atoms with Crippen LogP contribution >= 0.6 is 35.0 Å². The van der Waals surface area contributed by atoms with E-state index in [4.69, 9.17) is 23.2 Å². The number of carbonyl (C=O) groups excluding carboxylic acids is 3. The first kappa shape index (κ1) is 25.3. The predicted octanol–water partition coefficient (Wildman–Crippen LogP) is 7.52. The molecular weight excluding hydrogens is 525 g/mol. The molecule has 0 radical (unpaired) electrons. The van der Waals surface area contributed by atoms with Crippen LogP contribution in [0.15, 0.2) is 109 Å². The molecule has 37 heavy (non-hydrogen) atoms. The highest BCUT2D eigenvalue weighted by Gasteiger charge is 2.50. The van der Waals surface area contributed by atoms with Crippen LogP contribution in [0.3, 0.4) is 0 Å². The lowest BCUT2D eigenvalue weighted by atomic mass is 9.89. The van der Waals surface area contributed by atoms with Crippen molar-refractivity contribution in [1.29, 1.82) is 0 Å². The Morgan fingerprint density at radius 2 is 1.14 bits per heavy atom. The normalized spacial score (nSPS) is 17.3. The van der Waals surface area contributed by atoms with Crippen molar-refractivity contribution >= 4 is 58.1 Å². The molecule has 0 N–H and O–H groups in total. The minimum absolute atomic E-state index is 0.176. The summed E-state index contributed by atoms with van der Waals surface area (Å²) in [6.07, 6.45) is 0. The van der Waals surface area contributed by atoms with Crippen molar-refractivity contribution in [2.45, 2.75) is 10.6 Å². The highest BCUT2D eigenvalue weighted by Crippen LogP contribution is 2.48. The largest absolute Gasteiger partial charge is 0.297 e. The van der Waals surface area contributed by atoms with Crippen molar-refractivity contribution in [1.82, 2.24) is 0 Å². The molecule has 2 atom stereocenters. The first-order chi connectivity index (χ1) is 17.9. The number of ketones is 2. The molecule has 7 heteroatoms. The smallest absolute Gasteiger partial charge is 0.245 e. The number of hydrogen-bond acceptors (Lipinski definition) is 4. The van der Waals surface area contributed by atoms with E-state index in [9.17, 15) is 14.4 Å². The highest BCUT2D eigenvalue weighted by atomic mass is 35.5. The average Bonchev–Trinajstić information content (AvgIpc) is 3.26. The first-order valence-corrected chi connectivity index (χ1v) is 13.3. The van der Waals surface area contributed by atoms with E-state index >= 15 is 0 Å². The van der Waals surface area contributed by atoms with Gasteiger partial charge < -0.3 is 0 Å². The lowest BCUT2D eigenvalue weighted by Gasteiger charge is -2.29. The molecule has 1 heterocycles. The van der Waals surface area contributed by atoms with Gasteiger partial charge in [0.15, 0.2) is 11.6 Å². The second-order valence-corrected chi connectivity index (χ2v) is 10.7. The van der Waals surface area contributed by atoms with Gasteiger partial charge in [-0.2, -0.15) is 0 Å². The average molecular weight is 546 g/mol. The van der Waals surface area contributed by atoms with Gasteiger partial charge >= 0.3 is 0 Å². The Balaban J connectivity index is 1.64. The van der Waals surface area contributed by atoms with Gasteiger partial charge in [0.25, 0.3) is 0 Å². The number of anilines is 1. The molecule has 0 aliphatic carbocycles. The van der Waals surface area contributed by atoms with Gasteiger partial charge in [0, 0.05) is 26.9 Å². The predicted molar refractivity (Wildman–Crippen MR) is 150 cm³/mol.